The Hall–Kier alpha value is -0.870. The van der Waals surface area contributed by atoms with E-state index in [0.29, 0.717) is 0 Å². The highest BCUT2D eigenvalue weighted by Gasteiger charge is 2.14. The van der Waals surface area contributed by atoms with Gasteiger partial charge in [0.2, 0.25) is 10.0 Å². The van der Waals surface area contributed by atoms with E-state index in [4.69, 9.17) is 0 Å². The van der Waals surface area contributed by atoms with Gasteiger partial charge in [-0.3, -0.25) is 0 Å². The van der Waals surface area contributed by atoms with Gasteiger partial charge in [-0.1, -0.05) is 24.3 Å². The van der Waals surface area contributed by atoms with Crippen LogP contribution in [0.1, 0.15) is 31.0 Å². The van der Waals surface area contributed by atoms with E-state index in [0.717, 1.165) is 11.1 Å². The second-order valence-corrected chi connectivity index (χ2v) is 5.64. The van der Waals surface area contributed by atoms with Gasteiger partial charge in [0.25, 0.3) is 0 Å². The van der Waals surface area contributed by atoms with Gasteiger partial charge in [-0.15, -0.1) is 0 Å². The average Bonchev–Trinajstić information content (AvgIpc) is 2.17. The van der Waals surface area contributed by atoms with Crippen LogP contribution >= 0.6 is 0 Å². The number of sulfonamides is 1. The lowest BCUT2D eigenvalue weighted by atomic mass is 10.0. The fraction of sp³-hybridized carbons (Fsp3) is 0.455. The second kappa shape index (κ2) is 4.77. The smallest absolute Gasteiger partial charge is 0.211 e. The molecule has 0 saturated carbocycles. The number of hydrogen-bond acceptors (Lipinski definition) is 2. The Bertz CT molecular complexity index is 426. The maximum absolute atomic E-state index is 11.4. The normalized spacial score (nSPS) is 13.8. The average molecular weight is 227 g/mol. The number of hydrogen-bond donors (Lipinski definition) is 1. The van der Waals surface area contributed by atoms with Crippen molar-refractivity contribution in [3.63, 3.8) is 0 Å². The summed E-state index contributed by atoms with van der Waals surface area (Å²) in [5, 5.41) is 0. The summed E-state index contributed by atoms with van der Waals surface area (Å²) < 4.78 is 25.4. The van der Waals surface area contributed by atoms with E-state index in [1.807, 2.05) is 38.1 Å². The molecule has 0 unspecified atom stereocenters. The zero-order valence-corrected chi connectivity index (χ0v) is 10.1. The van der Waals surface area contributed by atoms with Gasteiger partial charge < -0.3 is 0 Å². The highest BCUT2D eigenvalue weighted by atomic mass is 32.2. The van der Waals surface area contributed by atoms with Crippen molar-refractivity contribution in [2.45, 2.75) is 26.8 Å². The van der Waals surface area contributed by atoms with E-state index in [-0.39, 0.29) is 11.8 Å². The number of benzene rings is 1. The van der Waals surface area contributed by atoms with Crippen LogP contribution in [0.3, 0.4) is 0 Å². The minimum atomic E-state index is -3.13. The summed E-state index contributed by atoms with van der Waals surface area (Å²) in [5.74, 6) is 0.114. The molecule has 1 aromatic carbocycles. The van der Waals surface area contributed by atoms with Crippen molar-refractivity contribution < 1.29 is 8.42 Å². The van der Waals surface area contributed by atoms with Crippen LogP contribution in [0.4, 0.5) is 0 Å². The molecule has 15 heavy (non-hydrogen) atoms. The Morgan fingerprint density at radius 1 is 1.33 bits per heavy atom. The predicted octanol–water partition coefficient (Wildman–Crippen LogP) is 2.00. The predicted molar refractivity (Wildman–Crippen MR) is 62.2 cm³/mol. The maximum Gasteiger partial charge on any atom is 0.211 e. The van der Waals surface area contributed by atoms with Crippen molar-refractivity contribution in [2.24, 2.45) is 0 Å². The summed E-state index contributed by atoms with van der Waals surface area (Å²) in [5.41, 5.74) is 2.12. The molecule has 0 fully saturated rings. The topological polar surface area (TPSA) is 46.2 Å². The Morgan fingerprint density at radius 2 is 1.93 bits per heavy atom. The molecule has 84 valence electrons. The summed E-state index contributed by atoms with van der Waals surface area (Å²) in [7, 11) is -3.13. The zero-order valence-electron chi connectivity index (χ0n) is 9.32. The van der Waals surface area contributed by atoms with E-state index in [1.165, 1.54) is 0 Å². The van der Waals surface area contributed by atoms with E-state index in [2.05, 4.69) is 4.72 Å². The van der Waals surface area contributed by atoms with Crippen molar-refractivity contribution in [3.8, 4) is 0 Å². The van der Waals surface area contributed by atoms with Gasteiger partial charge in [0.1, 0.15) is 0 Å². The Morgan fingerprint density at radius 3 is 2.47 bits per heavy atom. The summed E-state index contributed by atoms with van der Waals surface area (Å²) in [6.45, 7) is 5.47. The molecule has 0 aliphatic heterocycles. The Balaban J connectivity index is 2.87. The molecule has 1 rings (SSSR count). The van der Waals surface area contributed by atoms with Gasteiger partial charge in [-0.2, -0.15) is 0 Å². The Kier molecular flexibility index (Phi) is 3.88. The molecule has 3 nitrogen and oxygen atoms in total. The summed E-state index contributed by atoms with van der Waals surface area (Å²) >= 11 is 0. The van der Waals surface area contributed by atoms with Gasteiger partial charge in [0.05, 0.1) is 5.75 Å². The van der Waals surface area contributed by atoms with Crippen molar-refractivity contribution in [2.75, 3.05) is 5.75 Å². The van der Waals surface area contributed by atoms with Crippen molar-refractivity contribution in [1.29, 1.82) is 0 Å². The molecule has 0 amide bonds. The molecule has 1 N–H and O–H groups in total. The molecule has 0 aliphatic rings. The van der Waals surface area contributed by atoms with Crippen molar-refractivity contribution in [3.05, 3.63) is 35.4 Å². The van der Waals surface area contributed by atoms with E-state index < -0.39 is 10.0 Å². The molecule has 1 aromatic rings. The Labute approximate surface area is 91.6 Å². The lowest BCUT2D eigenvalue weighted by Gasteiger charge is -2.15. The third kappa shape index (κ3) is 3.32. The first-order chi connectivity index (χ1) is 6.96. The van der Waals surface area contributed by atoms with Crippen LogP contribution in [0, 0.1) is 6.92 Å². The highest BCUT2D eigenvalue weighted by molar-refractivity contribution is 7.89. The molecule has 0 bridgehead atoms. The fourth-order valence-electron chi connectivity index (χ4n) is 1.49. The standard InChI is InChI=1S/C11H17NO2S/c1-4-15(13,14)12-10(3)11-8-6-5-7-9(11)2/h5-8,10,12H,4H2,1-3H3/t10-/m1/s1. The molecule has 0 spiro atoms. The highest BCUT2D eigenvalue weighted by Crippen LogP contribution is 2.17. The van der Waals surface area contributed by atoms with E-state index in [9.17, 15) is 8.42 Å². The first-order valence-corrected chi connectivity index (χ1v) is 6.67. The minimum Gasteiger partial charge on any atom is -0.212 e. The molecule has 0 saturated heterocycles. The van der Waals surface area contributed by atoms with Crippen LogP contribution in [0.25, 0.3) is 0 Å². The first kappa shape index (κ1) is 12.2. The van der Waals surface area contributed by atoms with Gasteiger partial charge >= 0.3 is 0 Å². The van der Waals surface area contributed by atoms with Gasteiger partial charge in [-0.25, -0.2) is 13.1 Å². The number of aryl methyl sites for hydroxylation is 1. The van der Waals surface area contributed by atoms with E-state index in [1.54, 1.807) is 6.92 Å². The molecule has 0 heterocycles. The molecule has 0 aliphatic carbocycles. The molecular formula is C11H17NO2S. The van der Waals surface area contributed by atoms with Crippen LogP contribution in [0.2, 0.25) is 0 Å². The minimum absolute atomic E-state index is 0.114. The molecule has 4 heteroatoms. The molecule has 0 aromatic heterocycles. The first-order valence-electron chi connectivity index (χ1n) is 5.02. The van der Waals surface area contributed by atoms with Crippen LogP contribution in [0.15, 0.2) is 24.3 Å². The third-order valence-corrected chi connectivity index (χ3v) is 3.86. The number of nitrogens with one attached hydrogen (secondary N) is 1. The largest absolute Gasteiger partial charge is 0.212 e. The summed E-state index contributed by atoms with van der Waals surface area (Å²) in [6, 6.07) is 7.61. The van der Waals surface area contributed by atoms with E-state index >= 15 is 0 Å². The maximum atomic E-state index is 11.4. The van der Waals surface area contributed by atoms with Gasteiger partial charge in [0.15, 0.2) is 0 Å². The SMILES string of the molecule is CCS(=O)(=O)N[C@H](C)c1ccccc1C. The van der Waals surface area contributed by atoms with Crippen LogP contribution in [-0.2, 0) is 10.0 Å². The second-order valence-electron chi connectivity index (χ2n) is 3.60. The lowest BCUT2D eigenvalue weighted by Crippen LogP contribution is -2.28. The lowest BCUT2D eigenvalue weighted by molar-refractivity contribution is 0.568. The summed E-state index contributed by atoms with van der Waals surface area (Å²) in [6.07, 6.45) is 0. The molecule has 1 atom stereocenters. The third-order valence-electron chi connectivity index (χ3n) is 2.39. The molecular weight excluding hydrogens is 210 g/mol. The number of rotatable bonds is 4. The van der Waals surface area contributed by atoms with Crippen molar-refractivity contribution >= 4 is 10.0 Å². The van der Waals surface area contributed by atoms with Crippen LogP contribution in [0.5, 0.6) is 0 Å². The van der Waals surface area contributed by atoms with Gasteiger partial charge in [-0.05, 0) is 31.9 Å². The van der Waals surface area contributed by atoms with Gasteiger partial charge in [0, 0.05) is 6.04 Å². The fourth-order valence-corrected chi connectivity index (χ4v) is 2.32. The van der Waals surface area contributed by atoms with Crippen molar-refractivity contribution in [1.82, 2.24) is 4.72 Å². The summed E-state index contributed by atoms with van der Waals surface area (Å²) in [4.78, 5) is 0. The monoisotopic (exact) mass is 227 g/mol. The zero-order chi connectivity index (χ0) is 11.5. The quantitative estimate of drug-likeness (QED) is 0.855. The van der Waals surface area contributed by atoms with Crippen LogP contribution in [-0.4, -0.2) is 14.2 Å². The van der Waals surface area contributed by atoms with Crippen LogP contribution < -0.4 is 4.72 Å². The molecule has 0 radical (unpaired) electrons.